The van der Waals surface area contributed by atoms with E-state index >= 15 is 0 Å². The summed E-state index contributed by atoms with van der Waals surface area (Å²) in [4.78, 5) is 16.4. The molecule has 6 heteroatoms. The monoisotopic (exact) mass is 226 g/mol. The van der Waals surface area contributed by atoms with Crippen LogP contribution in [0.25, 0.3) is 0 Å². The van der Waals surface area contributed by atoms with E-state index in [9.17, 15) is 9.00 Å². The van der Waals surface area contributed by atoms with Crippen molar-refractivity contribution in [3.63, 3.8) is 0 Å². The lowest BCUT2D eigenvalue weighted by Crippen LogP contribution is -2.29. The summed E-state index contributed by atoms with van der Waals surface area (Å²) < 4.78 is 11.7. The van der Waals surface area contributed by atoms with Gasteiger partial charge in [0.15, 0.2) is 0 Å². The Balaban J connectivity index is 2.42. The minimum Gasteiger partial charge on any atom is -0.477 e. The van der Waals surface area contributed by atoms with Gasteiger partial charge in [-0.1, -0.05) is 0 Å². The van der Waals surface area contributed by atoms with E-state index in [1.807, 2.05) is 13.8 Å². The Labute approximate surface area is 89.3 Å². The van der Waals surface area contributed by atoms with E-state index in [2.05, 4.69) is 4.99 Å². The number of aliphatic carboxylic acids is 1. The molecular formula is C9H10N2O3S. The van der Waals surface area contributed by atoms with Gasteiger partial charge in [-0.25, -0.2) is 14.0 Å². The first-order chi connectivity index (χ1) is 7.00. The van der Waals surface area contributed by atoms with Gasteiger partial charge in [-0.05, 0) is 19.4 Å². The van der Waals surface area contributed by atoms with E-state index < -0.39 is 16.8 Å². The van der Waals surface area contributed by atoms with Gasteiger partial charge in [-0.3, -0.25) is 0 Å². The molecular weight excluding hydrogens is 216 g/mol. The van der Waals surface area contributed by atoms with Crippen molar-refractivity contribution in [3.05, 3.63) is 22.4 Å². The molecule has 0 aromatic heterocycles. The van der Waals surface area contributed by atoms with Crippen LogP contribution >= 0.6 is 0 Å². The molecule has 80 valence electrons. The highest BCUT2D eigenvalue weighted by atomic mass is 32.2. The van der Waals surface area contributed by atoms with Crippen LogP contribution in [0.3, 0.4) is 0 Å². The van der Waals surface area contributed by atoms with Crippen molar-refractivity contribution in [2.75, 3.05) is 6.54 Å². The van der Waals surface area contributed by atoms with Crippen molar-refractivity contribution in [1.29, 1.82) is 0 Å². The van der Waals surface area contributed by atoms with Gasteiger partial charge >= 0.3 is 5.97 Å². The summed E-state index contributed by atoms with van der Waals surface area (Å²) in [5.74, 6) is -1.15. The maximum Gasteiger partial charge on any atom is 0.346 e. The van der Waals surface area contributed by atoms with Gasteiger partial charge in [0, 0.05) is 18.4 Å². The Hall–Kier alpha value is -1.43. The lowest BCUT2D eigenvalue weighted by molar-refractivity contribution is -0.131. The summed E-state index contributed by atoms with van der Waals surface area (Å²) in [5, 5.41) is 9.14. The maximum atomic E-state index is 11.7. The fraction of sp³-hybridized carbons (Fsp3) is 0.333. The van der Waals surface area contributed by atoms with Gasteiger partial charge in [0.25, 0.3) is 0 Å². The first kappa shape index (κ1) is 10.1. The number of hydrogen-bond donors (Lipinski definition) is 1. The lowest BCUT2D eigenvalue weighted by atomic mass is 10.2. The van der Waals surface area contributed by atoms with Crippen molar-refractivity contribution < 1.29 is 14.1 Å². The van der Waals surface area contributed by atoms with Gasteiger partial charge in [0.05, 0.1) is 0 Å². The Kier molecular flexibility index (Phi) is 2.22. The smallest absolute Gasteiger partial charge is 0.346 e. The number of carboxylic acids is 1. The SMILES string of the molecule is CC1=C(C)N=C2N(C=C(C(=O)O)S2=O)C1. The summed E-state index contributed by atoms with van der Waals surface area (Å²) in [6, 6.07) is 0. The molecule has 15 heavy (non-hydrogen) atoms. The molecule has 0 aromatic rings. The van der Waals surface area contributed by atoms with Crippen molar-refractivity contribution in [2.24, 2.45) is 4.99 Å². The van der Waals surface area contributed by atoms with Crippen LogP contribution in [0.4, 0.5) is 0 Å². The van der Waals surface area contributed by atoms with Gasteiger partial charge in [-0.15, -0.1) is 0 Å². The molecule has 0 saturated heterocycles. The zero-order chi connectivity index (χ0) is 11.2. The molecule has 0 fully saturated rings. The molecule has 2 aliphatic heterocycles. The number of nitrogens with zero attached hydrogens (tertiary/aromatic N) is 2. The third-order valence-electron chi connectivity index (χ3n) is 2.38. The minimum atomic E-state index is -1.64. The first-order valence-electron chi connectivity index (χ1n) is 4.39. The number of aliphatic imine (C=N–C) groups is 1. The van der Waals surface area contributed by atoms with Gasteiger partial charge in [0.2, 0.25) is 5.17 Å². The molecule has 0 spiro atoms. The third-order valence-corrected chi connectivity index (χ3v) is 3.72. The number of rotatable bonds is 1. The van der Waals surface area contributed by atoms with E-state index in [4.69, 9.17) is 5.11 Å². The average Bonchev–Trinajstić information content (AvgIpc) is 2.46. The average molecular weight is 226 g/mol. The molecule has 2 rings (SSSR count). The Morgan fingerprint density at radius 3 is 2.87 bits per heavy atom. The summed E-state index contributed by atoms with van der Waals surface area (Å²) >= 11 is 0. The number of carboxylic acid groups (broad SMARTS) is 1. The number of fused-ring (bicyclic) bond motifs is 1. The number of allylic oxidation sites excluding steroid dienone is 1. The summed E-state index contributed by atoms with van der Waals surface area (Å²) in [6.07, 6.45) is 1.40. The quantitative estimate of drug-likeness (QED) is 0.712. The van der Waals surface area contributed by atoms with Crippen molar-refractivity contribution >= 4 is 21.9 Å². The van der Waals surface area contributed by atoms with Crippen LogP contribution in [0.2, 0.25) is 0 Å². The zero-order valence-electron chi connectivity index (χ0n) is 8.35. The first-order valence-corrected chi connectivity index (χ1v) is 5.54. The largest absolute Gasteiger partial charge is 0.477 e. The van der Waals surface area contributed by atoms with Gasteiger partial charge < -0.3 is 10.0 Å². The molecule has 1 N–H and O–H groups in total. The van der Waals surface area contributed by atoms with E-state index in [0.29, 0.717) is 11.7 Å². The third kappa shape index (κ3) is 1.50. The number of carbonyl (C=O) groups is 1. The van der Waals surface area contributed by atoms with Crippen LogP contribution in [0.1, 0.15) is 13.8 Å². The fourth-order valence-corrected chi connectivity index (χ4v) is 2.54. The summed E-state index contributed by atoms with van der Waals surface area (Å²) in [5.41, 5.74) is 1.87. The van der Waals surface area contributed by atoms with Crippen LogP contribution in [0.5, 0.6) is 0 Å². The molecule has 1 atom stereocenters. The molecule has 0 amide bonds. The molecule has 5 nitrogen and oxygen atoms in total. The Bertz CT molecular complexity index is 462. The van der Waals surface area contributed by atoms with Crippen molar-refractivity contribution in [2.45, 2.75) is 13.8 Å². The standard InChI is InChI=1S/C9H10N2O3S/c1-5-3-11-4-7(8(12)13)15(14)9(11)10-6(5)2/h4H,3H2,1-2H3,(H,12,13). The normalized spacial score (nSPS) is 24.9. The summed E-state index contributed by atoms with van der Waals surface area (Å²) in [7, 11) is -1.64. The van der Waals surface area contributed by atoms with E-state index in [1.165, 1.54) is 6.20 Å². The minimum absolute atomic E-state index is 0.101. The van der Waals surface area contributed by atoms with Gasteiger partial charge in [-0.2, -0.15) is 0 Å². The molecule has 2 heterocycles. The van der Waals surface area contributed by atoms with Crippen LogP contribution in [0, 0.1) is 0 Å². The van der Waals surface area contributed by atoms with Crippen LogP contribution in [-0.2, 0) is 15.6 Å². The molecule has 0 radical (unpaired) electrons. The fourth-order valence-electron chi connectivity index (χ4n) is 1.41. The molecule has 0 bridgehead atoms. The Morgan fingerprint density at radius 2 is 2.27 bits per heavy atom. The zero-order valence-corrected chi connectivity index (χ0v) is 9.17. The van der Waals surface area contributed by atoms with Crippen molar-refractivity contribution in [1.82, 2.24) is 4.90 Å². The highest BCUT2D eigenvalue weighted by Gasteiger charge is 2.34. The van der Waals surface area contributed by atoms with Crippen LogP contribution in [0.15, 0.2) is 27.4 Å². The summed E-state index contributed by atoms with van der Waals surface area (Å²) in [6.45, 7) is 4.31. The molecule has 1 unspecified atom stereocenters. The van der Waals surface area contributed by atoms with Crippen molar-refractivity contribution in [3.8, 4) is 0 Å². The second-order valence-electron chi connectivity index (χ2n) is 3.46. The molecule has 0 aromatic carbocycles. The highest BCUT2D eigenvalue weighted by Crippen LogP contribution is 2.25. The maximum absolute atomic E-state index is 11.7. The predicted molar refractivity (Wildman–Crippen MR) is 56.4 cm³/mol. The highest BCUT2D eigenvalue weighted by molar-refractivity contribution is 8.05. The molecule has 0 saturated carbocycles. The number of hydrogen-bond acceptors (Lipinski definition) is 4. The van der Waals surface area contributed by atoms with E-state index in [0.717, 1.165) is 11.3 Å². The second kappa shape index (κ2) is 3.30. The van der Waals surface area contributed by atoms with Crippen LogP contribution < -0.4 is 0 Å². The Morgan fingerprint density at radius 1 is 1.60 bits per heavy atom. The lowest BCUT2D eigenvalue weighted by Gasteiger charge is -2.21. The van der Waals surface area contributed by atoms with E-state index in [1.54, 1.807) is 4.90 Å². The predicted octanol–water partition coefficient (Wildman–Crippen LogP) is 0.640. The second-order valence-corrected chi connectivity index (χ2v) is 4.80. The topological polar surface area (TPSA) is 70.0 Å². The molecule has 2 aliphatic rings. The van der Waals surface area contributed by atoms with E-state index in [-0.39, 0.29) is 4.91 Å². The van der Waals surface area contributed by atoms with Crippen LogP contribution in [-0.4, -0.2) is 31.9 Å². The molecule has 0 aliphatic carbocycles. The number of amidine groups is 1. The van der Waals surface area contributed by atoms with Gasteiger partial charge in [0.1, 0.15) is 15.7 Å².